The van der Waals surface area contributed by atoms with Gasteiger partial charge in [-0.3, -0.25) is 4.79 Å². The van der Waals surface area contributed by atoms with Crippen molar-refractivity contribution in [1.82, 2.24) is 10.3 Å². The van der Waals surface area contributed by atoms with Gasteiger partial charge in [0.15, 0.2) is 0 Å². The van der Waals surface area contributed by atoms with Crippen molar-refractivity contribution < 1.29 is 14.3 Å². The van der Waals surface area contributed by atoms with Crippen LogP contribution < -0.4 is 5.32 Å². The number of furan rings is 1. The Labute approximate surface area is 141 Å². The fourth-order valence-electron chi connectivity index (χ4n) is 2.04. The lowest BCUT2D eigenvalue weighted by molar-refractivity contribution is 0.0324. The first-order valence-corrected chi connectivity index (χ1v) is 8.72. The van der Waals surface area contributed by atoms with E-state index in [1.54, 1.807) is 36.6 Å². The Morgan fingerprint density at radius 3 is 2.91 bits per heavy atom. The summed E-state index contributed by atoms with van der Waals surface area (Å²) in [6.07, 6.45) is 1.56. The molecule has 0 spiro atoms. The molecule has 1 unspecified atom stereocenters. The Bertz CT molecular complexity index is 803. The number of thiazole rings is 1. The van der Waals surface area contributed by atoms with E-state index in [0.29, 0.717) is 10.6 Å². The molecule has 3 heterocycles. The van der Waals surface area contributed by atoms with Gasteiger partial charge in [0.25, 0.3) is 5.91 Å². The van der Waals surface area contributed by atoms with Gasteiger partial charge in [-0.25, -0.2) is 4.98 Å². The van der Waals surface area contributed by atoms with Crippen LogP contribution in [0.5, 0.6) is 0 Å². The smallest absolute Gasteiger partial charge is 0.263 e. The van der Waals surface area contributed by atoms with E-state index < -0.39 is 5.60 Å². The molecule has 0 aromatic carbocycles. The first-order valence-electron chi connectivity index (χ1n) is 7.03. The van der Waals surface area contributed by atoms with Crippen molar-refractivity contribution in [3.63, 3.8) is 0 Å². The summed E-state index contributed by atoms with van der Waals surface area (Å²) in [5, 5.41) is 16.0. The number of aromatic nitrogens is 1. The quantitative estimate of drug-likeness (QED) is 0.741. The average Bonchev–Trinajstić information content (AvgIpc) is 3.24. The van der Waals surface area contributed by atoms with Crippen molar-refractivity contribution in [2.75, 3.05) is 6.54 Å². The van der Waals surface area contributed by atoms with Gasteiger partial charge in [-0.05, 0) is 37.4 Å². The zero-order chi connectivity index (χ0) is 16.4. The second-order valence-electron chi connectivity index (χ2n) is 5.37. The minimum absolute atomic E-state index is 0.0605. The van der Waals surface area contributed by atoms with Crippen molar-refractivity contribution in [2.24, 2.45) is 0 Å². The molecular formula is C16H16N2O3S2. The maximum absolute atomic E-state index is 12.2. The number of aryl methyl sites for hydroxylation is 1. The van der Waals surface area contributed by atoms with Crippen molar-refractivity contribution in [2.45, 2.75) is 19.4 Å². The van der Waals surface area contributed by atoms with Crippen LogP contribution in [-0.4, -0.2) is 22.5 Å². The minimum Gasteiger partial charge on any atom is -0.463 e. The standard InChI is InChI=1S/C16H16N2O3S2/c1-10-5-6-13(21-10)16(2,20)9-18-14(19)12-8-17-15(23-12)11-4-3-7-22-11/h3-8,20H,9H2,1-2H3,(H,18,19). The van der Waals surface area contributed by atoms with Crippen LogP contribution in [0.1, 0.15) is 28.1 Å². The number of rotatable bonds is 5. The number of hydrogen-bond acceptors (Lipinski definition) is 6. The molecule has 120 valence electrons. The Hall–Kier alpha value is -1.96. The second kappa shape index (κ2) is 6.27. The maximum Gasteiger partial charge on any atom is 0.263 e. The third-order valence-corrected chi connectivity index (χ3v) is 5.36. The largest absolute Gasteiger partial charge is 0.463 e. The van der Waals surface area contributed by atoms with E-state index in [-0.39, 0.29) is 12.5 Å². The molecule has 2 N–H and O–H groups in total. The molecule has 0 bridgehead atoms. The highest BCUT2D eigenvalue weighted by molar-refractivity contribution is 7.21. The third-order valence-electron chi connectivity index (χ3n) is 3.33. The van der Waals surface area contributed by atoms with E-state index in [4.69, 9.17) is 4.42 Å². The lowest BCUT2D eigenvalue weighted by atomic mass is 10.0. The first-order chi connectivity index (χ1) is 11.0. The molecule has 0 aliphatic heterocycles. The van der Waals surface area contributed by atoms with E-state index in [1.165, 1.54) is 11.3 Å². The topological polar surface area (TPSA) is 75.4 Å². The lowest BCUT2D eigenvalue weighted by Gasteiger charge is -2.20. The fourth-order valence-corrected chi connectivity index (χ4v) is 3.68. The SMILES string of the molecule is Cc1ccc(C(C)(O)CNC(=O)c2cnc(-c3cccs3)s2)o1. The van der Waals surface area contributed by atoms with Gasteiger partial charge >= 0.3 is 0 Å². The molecule has 5 nitrogen and oxygen atoms in total. The zero-order valence-electron chi connectivity index (χ0n) is 12.7. The van der Waals surface area contributed by atoms with Gasteiger partial charge in [0.2, 0.25) is 0 Å². The Balaban J connectivity index is 1.65. The molecule has 3 rings (SSSR count). The highest BCUT2D eigenvalue weighted by Crippen LogP contribution is 2.29. The summed E-state index contributed by atoms with van der Waals surface area (Å²) < 4.78 is 5.43. The maximum atomic E-state index is 12.2. The molecule has 0 radical (unpaired) electrons. The number of nitrogens with zero attached hydrogens (tertiary/aromatic N) is 1. The summed E-state index contributed by atoms with van der Waals surface area (Å²) in [6, 6.07) is 7.41. The Morgan fingerprint density at radius 2 is 2.26 bits per heavy atom. The Morgan fingerprint density at radius 1 is 1.43 bits per heavy atom. The van der Waals surface area contributed by atoms with Crippen LogP contribution in [0.15, 0.2) is 40.3 Å². The zero-order valence-corrected chi connectivity index (χ0v) is 14.3. The molecular weight excluding hydrogens is 332 g/mol. The van der Waals surface area contributed by atoms with Gasteiger partial charge in [0, 0.05) is 0 Å². The van der Waals surface area contributed by atoms with Crippen molar-refractivity contribution >= 4 is 28.6 Å². The van der Waals surface area contributed by atoms with Gasteiger partial charge in [-0.15, -0.1) is 22.7 Å². The monoisotopic (exact) mass is 348 g/mol. The van der Waals surface area contributed by atoms with Crippen LogP contribution in [0.25, 0.3) is 9.88 Å². The molecule has 7 heteroatoms. The van der Waals surface area contributed by atoms with Crippen LogP contribution in [0, 0.1) is 6.92 Å². The van der Waals surface area contributed by atoms with Gasteiger partial charge in [-0.2, -0.15) is 0 Å². The number of hydrogen-bond donors (Lipinski definition) is 2. The first kappa shape index (κ1) is 15.9. The Kier molecular flexibility index (Phi) is 4.34. The van der Waals surface area contributed by atoms with E-state index in [2.05, 4.69) is 10.3 Å². The van der Waals surface area contributed by atoms with E-state index in [0.717, 1.165) is 15.6 Å². The predicted molar refractivity (Wildman–Crippen MR) is 90.8 cm³/mol. The number of carbonyl (C=O) groups is 1. The summed E-state index contributed by atoms with van der Waals surface area (Å²) in [5.41, 5.74) is -1.26. The van der Waals surface area contributed by atoms with E-state index >= 15 is 0 Å². The molecule has 0 aliphatic carbocycles. The molecule has 23 heavy (non-hydrogen) atoms. The van der Waals surface area contributed by atoms with Gasteiger partial charge < -0.3 is 14.8 Å². The van der Waals surface area contributed by atoms with Crippen LogP contribution >= 0.6 is 22.7 Å². The summed E-state index contributed by atoms with van der Waals surface area (Å²) in [7, 11) is 0. The number of nitrogens with one attached hydrogen (secondary N) is 1. The van der Waals surface area contributed by atoms with Crippen LogP contribution in [0.3, 0.4) is 0 Å². The molecule has 0 saturated heterocycles. The summed E-state index contributed by atoms with van der Waals surface area (Å²) >= 11 is 2.91. The summed E-state index contributed by atoms with van der Waals surface area (Å²) in [4.78, 5) is 18.1. The molecule has 3 aromatic rings. The van der Waals surface area contributed by atoms with Crippen LogP contribution in [0.4, 0.5) is 0 Å². The molecule has 0 aliphatic rings. The predicted octanol–water partition coefficient (Wildman–Crippen LogP) is 3.41. The number of carbonyl (C=O) groups excluding carboxylic acids is 1. The number of amides is 1. The lowest BCUT2D eigenvalue weighted by Crippen LogP contribution is -2.38. The molecule has 0 saturated carbocycles. The summed E-state index contributed by atoms with van der Waals surface area (Å²) in [5.74, 6) is 0.891. The summed E-state index contributed by atoms with van der Waals surface area (Å²) in [6.45, 7) is 3.47. The van der Waals surface area contributed by atoms with Crippen LogP contribution in [-0.2, 0) is 5.60 Å². The van der Waals surface area contributed by atoms with Gasteiger partial charge in [0.05, 0.1) is 17.6 Å². The van der Waals surface area contributed by atoms with Gasteiger partial charge in [-0.1, -0.05) is 6.07 Å². The molecule has 1 atom stereocenters. The van der Waals surface area contributed by atoms with Crippen molar-refractivity contribution in [3.05, 3.63) is 52.2 Å². The van der Waals surface area contributed by atoms with Crippen LogP contribution in [0.2, 0.25) is 0 Å². The normalized spacial score (nSPS) is 13.7. The molecule has 0 fully saturated rings. The van der Waals surface area contributed by atoms with Crippen molar-refractivity contribution in [1.29, 1.82) is 0 Å². The van der Waals surface area contributed by atoms with E-state index in [9.17, 15) is 9.90 Å². The fraction of sp³-hybridized carbons (Fsp3) is 0.250. The van der Waals surface area contributed by atoms with Crippen molar-refractivity contribution in [3.8, 4) is 9.88 Å². The number of thiophene rings is 1. The highest BCUT2D eigenvalue weighted by Gasteiger charge is 2.28. The highest BCUT2D eigenvalue weighted by atomic mass is 32.1. The molecule has 3 aromatic heterocycles. The average molecular weight is 348 g/mol. The van der Waals surface area contributed by atoms with Gasteiger partial charge in [0.1, 0.15) is 27.0 Å². The molecule has 1 amide bonds. The van der Waals surface area contributed by atoms with E-state index in [1.807, 2.05) is 24.4 Å². The minimum atomic E-state index is -1.26. The number of aliphatic hydroxyl groups is 1. The third kappa shape index (κ3) is 3.52. The second-order valence-corrected chi connectivity index (χ2v) is 7.35.